The van der Waals surface area contributed by atoms with Gasteiger partial charge < -0.3 is 10.1 Å². The highest BCUT2D eigenvalue weighted by Crippen LogP contribution is 2.32. The van der Waals surface area contributed by atoms with Crippen LogP contribution in [0.3, 0.4) is 0 Å². The van der Waals surface area contributed by atoms with Gasteiger partial charge in [0.1, 0.15) is 5.75 Å². The molecule has 2 unspecified atom stereocenters. The molecule has 100 valence electrons. The van der Waals surface area contributed by atoms with E-state index in [1.54, 1.807) is 7.11 Å². The normalized spacial score (nSPS) is 20.3. The molecule has 0 radical (unpaired) electrons. The molecule has 2 rings (SSSR count). The van der Waals surface area contributed by atoms with Crippen LogP contribution in [0.2, 0.25) is 0 Å². The van der Waals surface area contributed by atoms with Crippen LogP contribution in [0.15, 0.2) is 18.2 Å². The number of fused-ring (bicyclic) bond motifs is 1. The average molecular weight is 247 g/mol. The van der Waals surface area contributed by atoms with Crippen molar-refractivity contribution in [2.45, 2.75) is 45.6 Å². The van der Waals surface area contributed by atoms with E-state index in [0.29, 0.717) is 6.04 Å². The largest absolute Gasteiger partial charge is 0.497 e. The standard InChI is InChI=1S/C16H25NO/c1-4-12(2)11-17-16-7-5-6-13-8-9-14(18-3)10-15(13)16/h8-10,12,16-17H,4-7,11H2,1-3H3. The molecule has 1 aliphatic carbocycles. The summed E-state index contributed by atoms with van der Waals surface area (Å²) in [6.45, 7) is 5.67. The molecular formula is C16H25NO. The summed E-state index contributed by atoms with van der Waals surface area (Å²) in [6.07, 6.45) is 4.99. The first-order chi connectivity index (χ1) is 8.74. The van der Waals surface area contributed by atoms with Gasteiger partial charge in [-0.05, 0) is 55.0 Å². The van der Waals surface area contributed by atoms with Gasteiger partial charge in [-0.25, -0.2) is 0 Å². The maximum atomic E-state index is 5.35. The van der Waals surface area contributed by atoms with Crippen LogP contribution in [0, 0.1) is 5.92 Å². The van der Waals surface area contributed by atoms with Gasteiger partial charge in [0.2, 0.25) is 0 Å². The summed E-state index contributed by atoms with van der Waals surface area (Å²) in [5.41, 5.74) is 2.94. The Balaban J connectivity index is 2.10. The van der Waals surface area contributed by atoms with Crippen molar-refractivity contribution >= 4 is 0 Å². The summed E-state index contributed by atoms with van der Waals surface area (Å²) < 4.78 is 5.35. The lowest BCUT2D eigenvalue weighted by molar-refractivity contribution is 0.397. The molecule has 2 nitrogen and oxygen atoms in total. The van der Waals surface area contributed by atoms with Crippen LogP contribution in [0.25, 0.3) is 0 Å². The molecule has 0 spiro atoms. The van der Waals surface area contributed by atoms with E-state index in [0.717, 1.165) is 18.2 Å². The predicted molar refractivity (Wildman–Crippen MR) is 76.1 cm³/mol. The Bertz CT molecular complexity index is 389. The van der Waals surface area contributed by atoms with Crippen LogP contribution in [0.4, 0.5) is 0 Å². The molecule has 1 aromatic rings. The van der Waals surface area contributed by atoms with E-state index in [2.05, 4.69) is 37.4 Å². The van der Waals surface area contributed by atoms with E-state index < -0.39 is 0 Å². The Labute approximate surface area is 111 Å². The third kappa shape index (κ3) is 3.05. The molecule has 18 heavy (non-hydrogen) atoms. The van der Waals surface area contributed by atoms with Gasteiger partial charge in [0.05, 0.1) is 7.11 Å². The number of aryl methyl sites for hydroxylation is 1. The van der Waals surface area contributed by atoms with Gasteiger partial charge in [-0.15, -0.1) is 0 Å². The zero-order valence-electron chi connectivity index (χ0n) is 11.8. The Hall–Kier alpha value is -1.02. The second-order valence-electron chi connectivity index (χ2n) is 5.43. The molecule has 2 atom stereocenters. The minimum Gasteiger partial charge on any atom is -0.497 e. The van der Waals surface area contributed by atoms with E-state index in [1.165, 1.54) is 36.8 Å². The molecule has 1 aliphatic rings. The molecule has 0 saturated carbocycles. The summed E-state index contributed by atoms with van der Waals surface area (Å²) >= 11 is 0. The van der Waals surface area contributed by atoms with E-state index in [9.17, 15) is 0 Å². The lowest BCUT2D eigenvalue weighted by Crippen LogP contribution is -2.29. The van der Waals surface area contributed by atoms with E-state index >= 15 is 0 Å². The summed E-state index contributed by atoms with van der Waals surface area (Å²) in [5.74, 6) is 1.73. The van der Waals surface area contributed by atoms with Crippen molar-refractivity contribution in [3.8, 4) is 5.75 Å². The Morgan fingerprint density at radius 2 is 2.28 bits per heavy atom. The topological polar surface area (TPSA) is 21.3 Å². The number of rotatable bonds is 5. The fourth-order valence-corrected chi connectivity index (χ4v) is 2.60. The van der Waals surface area contributed by atoms with Crippen LogP contribution in [-0.2, 0) is 6.42 Å². The highest BCUT2D eigenvalue weighted by Gasteiger charge is 2.20. The van der Waals surface area contributed by atoms with Crippen molar-refractivity contribution in [2.24, 2.45) is 5.92 Å². The minimum absolute atomic E-state index is 0.512. The van der Waals surface area contributed by atoms with Crippen LogP contribution < -0.4 is 10.1 Å². The number of methoxy groups -OCH3 is 1. The molecular weight excluding hydrogens is 222 g/mol. The lowest BCUT2D eigenvalue weighted by atomic mass is 9.87. The van der Waals surface area contributed by atoms with Crippen molar-refractivity contribution in [3.05, 3.63) is 29.3 Å². The first kappa shape index (κ1) is 13.4. The number of hydrogen-bond donors (Lipinski definition) is 1. The van der Waals surface area contributed by atoms with Crippen LogP contribution in [0.1, 0.15) is 50.3 Å². The number of benzene rings is 1. The maximum absolute atomic E-state index is 5.35. The molecule has 0 amide bonds. The van der Waals surface area contributed by atoms with Gasteiger partial charge in [-0.2, -0.15) is 0 Å². The fraction of sp³-hybridized carbons (Fsp3) is 0.625. The second kappa shape index (κ2) is 6.24. The lowest BCUT2D eigenvalue weighted by Gasteiger charge is -2.28. The number of nitrogens with one attached hydrogen (secondary N) is 1. The monoisotopic (exact) mass is 247 g/mol. The van der Waals surface area contributed by atoms with E-state index in [-0.39, 0.29) is 0 Å². The van der Waals surface area contributed by atoms with Crippen LogP contribution >= 0.6 is 0 Å². The number of ether oxygens (including phenoxy) is 1. The maximum Gasteiger partial charge on any atom is 0.119 e. The highest BCUT2D eigenvalue weighted by atomic mass is 16.5. The van der Waals surface area contributed by atoms with Gasteiger partial charge in [-0.1, -0.05) is 26.3 Å². The molecule has 0 aromatic heterocycles. The van der Waals surface area contributed by atoms with Gasteiger partial charge >= 0.3 is 0 Å². The van der Waals surface area contributed by atoms with Gasteiger partial charge in [-0.3, -0.25) is 0 Å². The SMILES string of the molecule is CCC(C)CNC1CCCc2ccc(OC)cc21. The van der Waals surface area contributed by atoms with Crippen molar-refractivity contribution in [1.29, 1.82) is 0 Å². The van der Waals surface area contributed by atoms with Crippen molar-refractivity contribution in [3.63, 3.8) is 0 Å². The molecule has 1 N–H and O–H groups in total. The Morgan fingerprint density at radius 3 is 3.00 bits per heavy atom. The van der Waals surface area contributed by atoms with E-state index in [4.69, 9.17) is 4.74 Å². The third-order valence-corrected chi connectivity index (χ3v) is 4.08. The molecule has 0 saturated heterocycles. The quantitative estimate of drug-likeness (QED) is 0.856. The van der Waals surface area contributed by atoms with Crippen LogP contribution in [0.5, 0.6) is 5.75 Å². The summed E-state index contributed by atoms with van der Waals surface area (Å²) in [6, 6.07) is 7.03. The molecule has 0 heterocycles. The predicted octanol–water partition coefficient (Wildman–Crippen LogP) is 3.71. The van der Waals surface area contributed by atoms with Crippen molar-refractivity contribution < 1.29 is 4.74 Å². The smallest absolute Gasteiger partial charge is 0.119 e. The number of hydrogen-bond acceptors (Lipinski definition) is 2. The molecule has 0 fully saturated rings. The highest BCUT2D eigenvalue weighted by molar-refractivity contribution is 5.39. The summed E-state index contributed by atoms with van der Waals surface area (Å²) in [4.78, 5) is 0. The van der Waals surface area contributed by atoms with Crippen molar-refractivity contribution in [2.75, 3.05) is 13.7 Å². The molecule has 1 aromatic carbocycles. The summed E-state index contributed by atoms with van der Waals surface area (Å²) in [7, 11) is 1.74. The zero-order valence-corrected chi connectivity index (χ0v) is 11.8. The zero-order chi connectivity index (χ0) is 13.0. The molecule has 0 bridgehead atoms. The van der Waals surface area contributed by atoms with Crippen LogP contribution in [-0.4, -0.2) is 13.7 Å². The second-order valence-corrected chi connectivity index (χ2v) is 5.43. The third-order valence-electron chi connectivity index (χ3n) is 4.08. The van der Waals surface area contributed by atoms with Gasteiger partial charge in [0.15, 0.2) is 0 Å². The molecule has 2 heteroatoms. The summed E-state index contributed by atoms with van der Waals surface area (Å²) in [5, 5.41) is 3.72. The van der Waals surface area contributed by atoms with E-state index in [1.807, 2.05) is 0 Å². The van der Waals surface area contributed by atoms with Gasteiger partial charge in [0, 0.05) is 6.04 Å². The first-order valence-electron chi connectivity index (χ1n) is 7.14. The Morgan fingerprint density at radius 1 is 1.44 bits per heavy atom. The minimum atomic E-state index is 0.512. The fourth-order valence-electron chi connectivity index (χ4n) is 2.60. The van der Waals surface area contributed by atoms with Gasteiger partial charge in [0.25, 0.3) is 0 Å². The molecule has 0 aliphatic heterocycles. The van der Waals surface area contributed by atoms with Crippen molar-refractivity contribution in [1.82, 2.24) is 5.32 Å². The average Bonchev–Trinajstić information content (AvgIpc) is 2.43. The Kier molecular flexibility index (Phi) is 4.65. The first-order valence-corrected chi connectivity index (χ1v) is 7.14.